The van der Waals surface area contributed by atoms with Crippen LogP contribution in [-0.4, -0.2) is 64.0 Å². The van der Waals surface area contributed by atoms with E-state index in [1.807, 2.05) is 6.92 Å². The molecule has 9 heteroatoms. The molecule has 3 rings (SSSR count). The molecule has 0 bridgehead atoms. The van der Waals surface area contributed by atoms with Crippen LogP contribution in [0.4, 0.5) is 0 Å². The highest BCUT2D eigenvalue weighted by atomic mass is 32.2. The Kier molecular flexibility index (Phi) is 8.24. The van der Waals surface area contributed by atoms with Gasteiger partial charge in [-0.2, -0.15) is 0 Å². The van der Waals surface area contributed by atoms with Gasteiger partial charge in [0.1, 0.15) is 0 Å². The lowest BCUT2D eigenvalue weighted by molar-refractivity contribution is -0.128. The van der Waals surface area contributed by atoms with Crippen LogP contribution in [-0.2, 0) is 24.3 Å². The average molecular weight is 441 g/mol. The van der Waals surface area contributed by atoms with Crippen molar-refractivity contribution in [2.75, 3.05) is 26.4 Å². The summed E-state index contributed by atoms with van der Waals surface area (Å²) in [4.78, 5) is 12.4. The number of rotatable bonds is 8. The van der Waals surface area contributed by atoms with Gasteiger partial charge in [0, 0.05) is 25.7 Å². The maximum absolute atomic E-state index is 12.6. The van der Waals surface area contributed by atoms with Crippen molar-refractivity contribution < 1.29 is 27.8 Å². The lowest BCUT2D eigenvalue weighted by Crippen LogP contribution is -2.51. The lowest BCUT2D eigenvalue weighted by atomic mass is 9.97. The predicted octanol–water partition coefficient (Wildman–Crippen LogP) is 1.11. The molecular weight excluding hydrogens is 408 g/mol. The predicted molar refractivity (Wildman–Crippen MR) is 111 cm³/mol. The molecule has 1 amide bonds. The summed E-state index contributed by atoms with van der Waals surface area (Å²) in [6, 6.07) is 6.15. The van der Waals surface area contributed by atoms with Crippen LogP contribution in [0.2, 0.25) is 0 Å². The summed E-state index contributed by atoms with van der Waals surface area (Å²) in [5, 5.41) is 12.7. The zero-order chi connectivity index (χ0) is 21.6. The number of carbonyl (C=O) groups excluding carboxylic acids is 1. The van der Waals surface area contributed by atoms with E-state index in [1.165, 1.54) is 0 Å². The molecule has 0 aliphatic carbocycles. The summed E-state index contributed by atoms with van der Waals surface area (Å²) in [6.07, 6.45) is 2.61. The summed E-state index contributed by atoms with van der Waals surface area (Å²) in [7, 11) is -3.69. The summed E-state index contributed by atoms with van der Waals surface area (Å²) in [6.45, 7) is 3.38. The second-order valence-corrected chi connectivity index (χ2v) is 9.78. The van der Waals surface area contributed by atoms with Crippen LogP contribution in [0.3, 0.4) is 0 Å². The van der Waals surface area contributed by atoms with Crippen molar-refractivity contribution in [1.29, 1.82) is 0 Å². The molecule has 8 nitrogen and oxygen atoms in total. The van der Waals surface area contributed by atoms with Crippen LogP contribution in [0.1, 0.15) is 37.7 Å². The van der Waals surface area contributed by atoms with Crippen molar-refractivity contribution in [2.45, 2.75) is 62.2 Å². The van der Waals surface area contributed by atoms with Crippen molar-refractivity contribution in [3.8, 4) is 0 Å². The summed E-state index contributed by atoms with van der Waals surface area (Å²) >= 11 is 0. The minimum absolute atomic E-state index is 0.0109. The van der Waals surface area contributed by atoms with Crippen molar-refractivity contribution >= 4 is 15.9 Å². The molecule has 0 radical (unpaired) electrons. The standard InChI is InChI=1S/C21H32N2O6S/c1-15-2-5-18(6-3-15)30(26,27)23-19-7-4-17(29-20(19)14-24)8-11-22-21(25)16-9-12-28-13-10-16/h2-3,5-6,16-17,19-20,23-24H,4,7-14H2,1H3,(H,22,25)/t17-,19-,20+/m1/s1. The number of sulfonamides is 1. The van der Waals surface area contributed by atoms with Crippen LogP contribution in [0, 0.1) is 12.8 Å². The van der Waals surface area contributed by atoms with Gasteiger partial charge in [-0.15, -0.1) is 0 Å². The Morgan fingerprint density at radius 3 is 2.50 bits per heavy atom. The third-order valence-electron chi connectivity index (χ3n) is 5.79. The lowest BCUT2D eigenvalue weighted by Gasteiger charge is -2.36. The van der Waals surface area contributed by atoms with Gasteiger partial charge in [-0.25, -0.2) is 13.1 Å². The van der Waals surface area contributed by atoms with Crippen LogP contribution in [0.5, 0.6) is 0 Å². The number of benzene rings is 1. The van der Waals surface area contributed by atoms with E-state index in [-0.39, 0.29) is 29.4 Å². The van der Waals surface area contributed by atoms with Crippen molar-refractivity contribution in [2.24, 2.45) is 5.92 Å². The minimum atomic E-state index is -3.69. The molecule has 30 heavy (non-hydrogen) atoms. The summed E-state index contributed by atoms with van der Waals surface area (Å²) < 4.78 is 39.2. The van der Waals surface area contributed by atoms with E-state index >= 15 is 0 Å². The van der Waals surface area contributed by atoms with Gasteiger partial charge in [0.05, 0.1) is 29.8 Å². The first-order valence-corrected chi connectivity index (χ1v) is 12.1. The Hall–Kier alpha value is -1.52. The van der Waals surface area contributed by atoms with Crippen LogP contribution >= 0.6 is 0 Å². The maximum Gasteiger partial charge on any atom is 0.240 e. The maximum atomic E-state index is 12.6. The summed E-state index contributed by atoms with van der Waals surface area (Å²) in [5.41, 5.74) is 0.981. The van der Waals surface area contributed by atoms with Gasteiger partial charge in [-0.3, -0.25) is 4.79 Å². The van der Waals surface area contributed by atoms with Crippen molar-refractivity contribution in [1.82, 2.24) is 10.0 Å². The number of nitrogens with one attached hydrogen (secondary N) is 2. The second-order valence-electron chi connectivity index (χ2n) is 8.06. The van der Waals surface area contributed by atoms with Gasteiger partial charge < -0.3 is 19.9 Å². The molecule has 2 fully saturated rings. The Balaban J connectivity index is 1.47. The molecule has 1 aromatic rings. The van der Waals surface area contributed by atoms with Crippen LogP contribution in [0.25, 0.3) is 0 Å². The topological polar surface area (TPSA) is 114 Å². The number of ether oxygens (including phenoxy) is 2. The number of aryl methyl sites for hydroxylation is 1. The van der Waals surface area contributed by atoms with Crippen LogP contribution in [0.15, 0.2) is 29.2 Å². The molecule has 0 aromatic heterocycles. The van der Waals surface area contributed by atoms with Crippen molar-refractivity contribution in [3.63, 3.8) is 0 Å². The van der Waals surface area contributed by atoms with Gasteiger partial charge in [0.2, 0.25) is 15.9 Å². The molecule has 2 saturated heterocycles. The highest BCUT2D eigenvalue weighted by Crippen LogP contribution is 2.24. The fourth-order valence-corrected chi connectivity index (χ4v) is 5.22. The molecule has 0 saturated carbocycles. The van der Waals surface area contributed by atoms with Gasteiger partial charge in [-0.1, -0.05) is 17.7 Å². The smallest absolute Gasteiger partial charge is 0.240 e. The molecule has 2 aliphatic heterocycles. The molecule has 3 N–H and O–H groups in total. The van der Waals surface area contributed by atoms with Gasteiger partial charge >= 0.3 is 0 Å². The highest BCUT2D eigenvalue weighted by molar-refractivity contribution is 7.89. The SMILES string of the molecule is Cc1ccc(S(=O)(=O)N[C@@H]2CC[C@H](CCNC(=O)C3CCOCC3)O[C@H]2CO)cc1. The van der Waals surface area contributed by atoms with E-state index < -0.39 is 22.2 Å². The third kappa shape index (κ3) is 6.24. The number of aliphatic hydroxyl groups is 1. The number of aliphatic hydroxyl groups excluding tert-OH is 1. The highest BCUT2D eigenvalue weighted by Gasteiger charge is 2.34. The van der Waals surface area contributed by atoms with E-state index in [2.05, 4.69) is 10.0 Å². The molecular formula is C21H32N2O6S. The van der Waals surface area contributed by atoms with E-state index in [0.717, 1.165) is 18.4 Å². The number of hydrogen-bond acceptors (Lipinski definition) is 6. The van der Waals surface area contributed by atoms with Gasteiger partial charge in [0.15, 0.2) is 0 Å². The Morgan fingerprint density at radius 1 is 1.13 bits per heavy atom. The fraction of sp³-hybridized carbons (Fsp3) is 0.667. The number of carbonyl (C=O) groups is 1. The molecule has 3 atom stereocenters. The van der Waals surface area contributed by atoms with Crippen molar-refractivity contribution in [3.05, 3.63) is 29.8 Å². The first-order chi connectivity index (χ1) is 14.4. The minimum Gasteiger partial charge on any atom is -0.394 e. The summed E-state index contributed by atoms with van der Waals surface area (Å²) in [5.74, 6) is 0.0633. The first-order valence-electron chi connectivity index (χ1n) is 10.6. The Bertz CT molecular complexity index is 792. The van der Waals surface area contributed by atoms with E-state index in [4.69, 9.17) is 9.47 Å². The Labute approximate surface area is 178 Å². The largest absolute Gasteiger partial charge is 0.394 e. The zero-order valence-electron chi connectivity index (χ0n) is 17.4. The van der Waals surface area contributed by atoms with Crippen LogP contribution < -0.4 is 10.0 Å². The van der Waals surface area contributed by atoms with E-state index in [0.29, 0.717) is 39.0 Å². The average Bonchev–Trinajstić information content (AvgIpc) is 2.75. The quantitative estimate of drug-likeness (QED) is 0.558. The molecule has 0 unspecified atom stereocenters. The molecule has 0 spiro atoms. The molecule has 2 aliphatic rings. The normalized spacial score (nSPS) is 25.7. The second kappa shape index (κ2) is 10.7. The van der Waals surface area contributed by atoms with Gasteiger partial charge in [-0.05, 0) is 51.2 Å². The first kappa shape index (κ1) is 23.1. The number of hydrogen-bond donors (Lipinski definition) is 3. The number of amides is 1. The molecule has 1 aromatic carbocycles. The van der Waals surface area contributed by atoms with E-state index in [9.17, 15) is 18.3 Å². The molecule has 168 valence electrons. The van der Waals surface area contributed by atoms with E-state index in [1.54, 1.807) is 24.3 Å². The molecule has 2 heterocycles. The van der Waals surface area contributed by atoms with Gasteiger partial charge in [0.25, 0.3) is 0 Å². The monoisotopic (exact) mass is 440 g/mol. The third-order valence-corrected chi connectivity index (χ3v) is 7.30. The zero-order valence-corrected chi connectivity index (χ0v) is 18.2. The Morgan fingerprint density at radius 2 is 1.83 bits per heavy atom. The fourth-order valence-electron chi connectivity index (χ4n) is 3.92.